The molecule has 140 valence electrons. The van der Waals surface area contributed by atoms with Crippen LogP contribution in [0, 0.1) is 6.92 Å². The first-order chi connectivity index (χ1) is 12.4. The van der Waals surface area contributed by atoms with Crippen molar-refractivity contribution in [1.82, 2.24) is 5.32 Å². The average molecular weight is 352 g/mol. The molecule has 1 fully saturated rings. The molecule has 0 spiro atoms. The minimum Gasteiger partial charge on any atom is -0.376 e. The molecule has 0 aromatic heterocycles. The molecule has 1 heterocycles. The Morgan fingerprint density at radius 2 is 1.73 bits per heavy atom. The van der Waals surface area contributed by atoms with Crippen molar-refractivity contribution < 1.29 is 4.74 Å². The summed E-state index contributed by atoms with van der Waals surface area (Å²) in [4.78, 5) is 0. The van der Waals surface area contributed by atoms with Crippen LogP contribution in [0.25, 0.3) is 0 Å². The highest BCUT2D eigenvalue weighted by molar-refractivity contribution is 5.30. The van der Waals surface area contributed by atoms with E-state index >= 15 is 0 Å². The van der Waals surface area contributed by atoms with Crippen LogP contribution >= 0.6 is 0 Å². The van der Waals surface area contributed by atoms with Crippen LogP contribution in [0.5, 0.6) is 0 Å². The fraction of sp³-hybridized carbons (Fsp3) is 0.500. The standard InChI is InChI=1S/C24H33NO/c1-19-10-12-22(13-11-19)24(15-17-26-23(3,4)18-24)14-16-25-20(2)21-8-6-5-7-9-21/h5-13,20,25H,14-18H2,1-4H3/t20-,24?/m0/s1. The lowest BCUT2D eigenvalue weighted by atomic mass is 9.67. The highest BCUT2D eigenvalue weighted by Gasteiger charge is 2.41. The van der Waals surface area contributed by atoms with Gasteiger partial charge in [0.15, 0.2) is 0 Å². The molecular weight excluding hydrogens is 318 g/mol. The number of rotatable bonds is 6. The molecule has 2 heteroatoms. The fourth-order valence-corrected chi connectivity index (χ4v) is 4.38. The van der Waals surface area contributed by atoms with Crippen molar-refractivity contribution in [2.75, 3.05) is 13.2 Å². The predicted molar refractivity (Wildman–Crippen MR) is 110 cm³/mol. The Bertz CT molecular complexity index is 692. The van der Waals surface area contributed by atoms with E-state index in [-0.39, 0.29) is 11.0 Å². The molecule has 0 aliphatic carbocycles. The molecule has 2 atom stereocenters. The summed E-state index contributed by atoms with van der Waals surface area (Å²) < 4.78 is 6.04. The molecule has 0 amide bonds. The summed E-state index contributed by atoms with van der Waals surface area (Å²) in [6.45, 7) is 10.7. The van der Waals surface area contributed by atoms with E-state index in [1.165, 1.54) is 16.7 Å². The minimum absolute atomic E-state index is 0.0613. The molecule has 1 N–H and O–H groups in total. The van der Waals surface area contributed by atoms with Gasteiger partial charge in [0.05, 0.1) is 5.60 Å². The Morgan fingerprint density at radius 3 is 2.38 bits per heavy atom. The van der Waals surface area contributed by atoms with Crippen LogP contribution < -0.4 is 5.32 Å². The summed E-state index contributed by atoms with van der Waals surface area (Å²) >= 11 is 0. The van der Waals surface area contributed by atoms with Gasteiger partial charge in [0.2, 0.25) is 0 Å². The van der Waals surface area contributed by atoms with Gasteiger partial charge in [-0.15, -0.1) is 0 Å². The smallest absolute Gasteiger partial charge is 0.0635 e. The third-order valence-electron chi connectivity index (χ3n) is 5.86. The summed E-state index contributed by atoms with van der Waals surface area (Å²) in [5.41, 5.74) is 4.27. The number of benzene rings is 2. The van der Waals surface area contributed by atoms with E-state index in [4.69, 9.17) is 4.74 Å². The molecule has 2 aromatic rings. The lowest BCUT2D eigenvalue weighted by Gasteiger charge is -2.46. The number of hydrogen-bond donors (Lipinski definition) is 1. The molecular formula is C24H33NO. The maximum absolute atomic E-state index is 6.04. The molecule has 1 aliphatic rings. The lowest BCUT2D eigenvalue weighted by Crippen LogP contribution is -2.45. The Kier molecular flexibility index (Phi) is 5.84. The minimum atomic E-state index is -0.0613. The summed E-state index contributed by atoms with van der Waals surface area (Å²) in [5, 5.41) is 3.74. The van der Waals surface area contributed by atoms with E-state index < -0.39 is 0 Å². The monoisotopic (exact) mass is 351 g/mol. The molecule has 0 bridgehead atoms. The third-order valence-corrected chi connectivity index (χ3v) is 5.86. The van der Waals surface area contributed by atoms with Crippen molar-refractivity contribution in [3.8, 4) is 0 Å². The maximum atomic E-state index is 6.04. The second-order valence-electron chi connectivity index (χ2n) is 8.52. The van der Waals surface area contributed by atoms with Gasteiger partial charge in [-0.2, -0.15) is 0 Å². The van der Waals surface area contributed by atoms with Gasteiger partial charge in [-0.3, -0.25) is 0 Å². The zero-order valence-corrected chi connectivity index (χ0v) is 16.7. The predicted octanol–water partition coefficient (Wildman–Crippen LogP) is 5.56. The van der Waals surface area contributed by atoms with E-state index in [9.17, 15) is 0 Å². The van der Waals surface area contributed by atoms with Gasteiger partial charge in [0.1, 0.15) is 0 Å². The summed E-state index contributed by atoms with van der Waals surface area (Å²) in [7, 11) is 0. The van der Waals surface area contributed by atoms with E-state index in [1.54, 1.807) is 0 Å². The van der Waals surface area contributed by atoms with Crippen molar-refractivity contribution in [1.29, 1.82) is 0 Å². The van der Waals surface area contributed by atoms with E-state index in [0.29, 0.717) is 6.04 Å². The van der Waals surface area contributed by atoms with Crippen molar-refractivity contribution in [3.05, 3.63) is 71.3 Å². The van der Waals surface area contributed by atoms with E-state index in [0.717, 1.165) is 32.4 Å². The number of aryl methyl sites for hydroxylation is 1. The molecule has 0 saturated carbocycles. The van der Waals surface area contributed by atoms with Gasteiger partial charge in [0.25, 0.3) is 0 Å². The van der Waals surface area contributed by atoms with Crippen LogP contribution in [-0.4, -0.2) is 18.8 Å². The Balaban J connectivity index is 1.73. The van der Waals surface area contributed by atoms with Crippen molar-refractivity contribution >= 4 is 0 Å². The molecule has 26 heavy (non-hydrogen) atoms. The third kappa shape index (κ3) is 4.55. The van der Waals surface area contributed by atoms with E-state index in [1.807, 2.05) is 0 Å². The van der Waals surface area contributed by atoms with E-state index in [2.05, 4.69) is 87.6 Å². The van der Waals surface area contributed by atoms with Crippen LogP contribution in [0.15, 0.2) is 54.6 Å². The van der Waals surface area contributed by atoms with Gasteiger partial charge in [0, 0.05) is 18.1 Å². The lowest BCUT2D eigenvalue weighted by molar-refractivity contribution is -0.0840. The van der Waals surface area contributed by atoms with Crippen LogP contribution in [0.2, 0.25) is 0 Å². The molecule has 2 nitrogen and oxygen atoms in total. The topological polar surface area (TPSA) is 21.3 Å². The number of ether oxygens (including phenoxy) is 1. The quantitative estimate of drug-likeness (QED) is 0.735. The highest BCUT2D eigenvalue weighted by atomic mass is 16.5. The van der Waals surface area contributed by atoms with Gasteiger partial charge in [-0.25, -0.2) is 0 Å². The summed E-state index contributed by atoms with van der Waals surface area (Å²) in [6, 6.07) is 20.2. The SMILES string of the molecule is Cc1ccc(C2(CCN[C@@H](C)c3ccccc3)CCOC(C)(C)C2)cc1. The average Bonchev–Trinajstić information content (AvgIpc) is 2.62. The van der Waals surface area contributed by atoms with Crippen LogP contribution in [0.3, 0.4) is 0 Å². The second-order valence-corrected chi connectivity index (χ2v) is 8.52. The summed E-state index contributed by atoms with van der Waals surface area (Å²) in [6.07, 6.45) is 3.31. The maximum Gasteiger partial charge on any atom is 0.0635 e. The van der Waals surface area contributed by atoms with Crippen LogP contribution in [0.4, 0.5) is 0 Å². The Hall–Kier alpha value is -1.64. The second kappa shape index (κ2) is 7.94. The highest BCUT2D eigenvalue weighted by Crippen LogP contribution is 2.44. The number of hydrogen-bond acceptors (Lipinski definition) is 2. The molecule has 1 aliphatic heterocycles. The first kappa shape index (κ1) is 19.1. The van der Waals surface area contributed by atoms with Crippen LogP contribution in [-0.2, 0) is 10.2 Å². The zero-order valence-electron chi connectivity index (χ0n) is 16.7. The molecule has 1 unspecified atom stereocenters. The molecule has 0 radical (unpaired) electrons. The van der Waals surface area contributed by atoms with Crippen LogP contribution in [0.1, 0.15) is 62.8 Å². The fourth-order valence-electron chi connectivity index (χ4n) is 4.38. The first-order valence-corrected chi connectivity index (χ1v) is 9.90. The van der Waals surface area contributed by atoms with Gasteiger partial charge in [-0.1, -0.05) is 60.2 Å². The first-order valence-electron chi connectivity index (χ1n) is 9.90. The van der Waals surface area contributed by atoms with Crippen molar-refractivity contribution in [2.45, 2.75) is 64.0 Å². The van der Waals surface area contributed by atoms with Gasteiger partial charge >= 0.3 is 0 Å². The normalized spacial score (nSPS) is 23.5. The van der Waals surface area contributed by atoms with Crippen molar-refractivity contribution in [2.24, 2.45) is 0 Å². The Labute approximate surface area is 159 Å². The molecule has 3 rings (SSSR count). The zero-order chi connectivity index (χ0) is 18.6. The molecule has 1 saturated heterocycles. The Morgan fingerprint density at radius 1 is 1.04 bits per heavy atom. The van der Waals surface area contributed by atoms with Gasteiger partial charge in [-0.05, 0) is 64.6 Å². The summed E-state index contributed by atoms with van der Waals surface area (Å²) in [5.74, 6) is 0. The number of nitrogens with one attached hydrogen (secondary N) is 1. The largest absolute Gasteiger partial charge is 0.376 e. The molecule has 2 aromatic carbocycles. The van der Waals surface area contributed by atoms with Crippen molar-refractivity contribution in [3.63, 3.8) is 0 Å². The van der Waals surface area contributed by atoms with Gasteiger partial charge < -0.3 is 10.1 Å².